The van der Waals surface area contributed by atoms with E-state index in [1.165, 1.54) is 52.7 Å². The van der Waals surface area contributed by atoms with Crippen LogP contribution in [0.1, 0.15) is 24.3 Å². The van der Waals surface area contributed by atoms with Crippen LogP contribution in [0, 0.1) is 0 Å². The Hall–Kier alpha value is -4.29. The van der Waals surface area contributed by atoms with Crippen molar-refractivity contribution >= 4 is 30.1 Å². The Kier molecular flexibility index (Phi) is 6.70. The van der Waals surface area contributed by atoms with E-state index in [0.29, 0.717) is 12.0 Å². The molecular formula is C20H23N7O6. The fraction of sp³-hybridized carbons (Fsp3) is 0.350. The van der Waals surface area contributed by atoms with E-state index in [0.717, 1.165) is 0 Å². The molecule has 4 amide bonds. The molecule has 3 N–H and O–H groups in total. The first-order chi connectivity index (χ1) is 15.6. The third-order valence-corrected chi connectivity index (χ3v) is 4.93. The lowest BCUT2D eigenvalue weighted by molar-refractivity contribution is -0.149. The number of primary amides is 1. The second-order valence-corrected chi connectivity index (χ2v) is 7.67. The Morgan fingerprint density at radius 2 is 1.79 bits per heavy atom. The van der Waals surface area contributed by atoms with Gasteiger partial charge in [-0.25, -0.2) is 14.4 Å². The van der Waals surface area contributed by atoms with Crippen molar-refractivity contribution in [3.05, 3.63) is 46.8 Å². The van der Waals surface area contributed by atoms with Gasteiger partial charge in [-0.2, -0.15) is 4.98 Å². The number of nitrogens with zero attached hydrogens (tertiary/aromatic N) is 5. The lowest BCUT2D eigenvalue weighted by Gasteiger charge is -2.37. The highest BCUT2D eigenvalue weighted by Gasteiger charge is 2.37. The van der Waals surface area contributed by atoms with Crippen LogP contribution in [0.15, 0.2) is 35.4 Å². The molecule has 2 aromatic rings. The van der Waals surface area contributed by atoms with E-state index in [1.807, 2.05) is 0 Å². The highest BCUT2D eigenvalue weighted by atomic mass is 16.6. The van der Waals surface area contributed by atoms with Gasteiger partial charge in [-0.05, 0) is 32.0 Å². The largest absolute Gasteiger partial charge is 0.434 e. The van der Waals surface area contributed by atoms with E-state index in [4.69, 9.17) is 10.5 Å². The van der Waals surface area contributed by atoms with Crippen LogP contribution in [0.2, 0.25) is 0 Å². The van der Waals surface area contributed by atoms with Crippen LogP contribution < -0.4 is 16.7 Å². The van der Waals surface area contributed by atoms with Gasteiger partial charge in [-0.3, -0.25) is 24.5 Å². The number of aromatic nitrogens is 3. The van der Waals surface area contributed by atoms with Gasteiger partial charge >= 0.3 is 17.8 Å². The van der Waals surface area contributed by atoms with Gasteiger partial charge in [0, 0.05) is 32.4 Å². The van der Waals surface area contributed by atoms with Gasteiger partial charge in [0.15, 0.2) is 11.9 Å². The Morgan fingerprint density at radius 1 is 1.12 bits per heavy atom. The second kappa shape index (κ2) is 9.46. The molecule has 2 aromatic heterocycles. The van der Waals surface area contributed by atoms with Crippen LogP contribution in [-0.4, -0.2) is 80.4 Å². The molecule has 33 heavy (non-hydrogen) atoms. The molecule has 3 rings (SSSR count). The molecular weight excluding hydrogens is 434 g/mol. The molecule has 3 heterocycles. The molecule has 1 fully saturated rings. The van der Waals surface area contributed by atoms with Gasteiger partial charge in [0.1, 0.15) is 11.5 Å². The quantitative estimate of drug-likeness (QED) is 0.591. The minimum absolute atomic E-state index is 0.0632. The SMILES string of the molecule is CC(C)(OC(N)=O)C(=O)N1CCN(C(=O)Nc2ccn(-c3ccc(C=O)nc3)c(=O)n2)CC1. The number of ether oxygens (including phenoxy) is 1. The molecule has 13 nitrogen and oxygen atoms in total. The van der Waals surface area contributed by atoms with E-state index in [2.05, 4.69) is 15.3 Å². The number of nitrogens with two attached hydrogens (primary N) is 1. The average Bonchev–Trinajstić information content (AvgIpc) is 2.78. The molecule has 0 aliphatic carbocycles. The zero-order valence-corrected chi connectivity index (χ0v) is 18.1. The number of anilines is 1. The van der Waals surface area contributed by atoms with Crippen molar-refractivity contribution in [2.24, 2.45) is 5.73 Å². The summed E-state index contributed by atoms with van der Waals surface area (Å²) in [6.07, 6.45) is 2.34. The Morgan fingerprint density at radius 3 is 2.33 bits per heavy atom. The van der Waals surface area contributed by atoms with E-state index < -0.39 is 29.3 Å². The van der Waals surface area contributed by atoms with Crippen LogP contribution in [0.4, 0.5) is 15.4 Å². The number of carbonyl (C=O) groups is 4. The van der Waals surface area contributed by atoms with E-state index in [-0.39, 0.29) is 37.7 Å². The van der Waals surface area contributed by atoms with Crippen LogP contribution >= 0.6 is 0 Å². The number of carbonyl (C=O) groups excluding carboxylic acids is 4. The maximum Gasteiger partial charge on any atom is 0.405 e. The number of piperazine rings is 1. The first kappa shape index (κ1) is 23.4. The summed E-state index contributed by atoms with van der Waals surface area (Å²) in [4.78, 5) is 69.9. The highest BCUT2D eigenvalue weighted by Crippen LogP contribution is 2.16. The van der Waals surface area contributed by atoms with Gasteiger partial charge in [-0.15, -0.1) is 0 Å². The summed E-state index contributed by atoms with van der Waals surface area (Å²) in [6, 6.07) is 4.00. The summed E-state index contributed by atoms with van der Waals surface area (Å²) in [5.74, 6) is -0.351. The monoisotopic (exact) mass is 457 g/mol. The molecule has 0 atom stereocenters. The third kappa shape index (κ3) is 5.50. The number of amides is 4. The van der Waals surface area contributed by atoms with Gasteiger partial charge in [0.25, 0.3) is 5.91 Å². The van der Waals surface area contributed by atoms with Crippen molar-refractivity contribution in [1.82, 2.24) is 24.3 Å². The summed E-state index contributed by atoms with van der Waals surface area (Å²) in [5, 5.41) is 2.56. The Labute approximate surface area is 188 Å². The third-order valence-electron chi connectivity index (χ3n) is 4.93. The molecule has 1 saturated heterocycles. The summed E-state index contributed by atoms with van der Waals surface area (Å²) in [6.45, 7) is 3.82. The van der Waals surface area contributed by atoms with Crippen LogP contribution in [-0.2, 0) is 9.53 Å². The zero-order chi connectivity index (χ0) is 24.2. The fourth-order valence-corrected chi connectivity index (χ4v) is 3.26. The predicted octanol–water partition coefficient (Wildman–Crippen LogP) is -0.0100. The van der Waals surface area contributed by atoms with Crippen molar-refractivity contribution in [2.75, 3.05) is 31.5 Å². The van der Waals surface area contributed by atoms with E-state index >= 15 is 0 Å². The topological polar surface area (TPSA) is 170 Å². The second-order valence-electron chi connectivity index (χ2n) is 7.67. The van der Waals surface area contributed by atoms with Crippen molar-refractivity contribution in [3.63, 3.8) is 0 Å². The number of rotatable bonds is 5. The molecule has 0 aromatic carbocycles. The minimum Gasteiger partial charge on any atom is -0.434 e. The van der Waals surface area contributed by atoms with Gasteiger partial charge in [0.05, 0.1) is 11.9 Å². The Bertz CT molecular complexity index is 1120. The number of hydrogen-bond donors (Lipinski definition) is 2. The van der Waals surface area contributed by atoms with Crippen LogP contribution in [0.25, 0.3) is 5.69 Å². The average molecular weight is 457 g/mol. The van der Waals surface area contributed by atoms with Crippen molar-refractivity contribution in [3.8, 4) is 5.69 Å². The highest BCUT2D eigenvalue weighted by molar-refractivity contribution is 5.89. The summed E-state index contributed by atoms with van der Waals surface area (Å²) in [7, 11) is 0. The number of nitrogens with one attached hydrogen (secondary N) is 1. The molecule has 0 bridgehead atoms. The number of hydrogen-bond acceptors (Lipinski definition) is 8. The van der Waals surface area contributed by atoms with Gasteiger partial charge < -0.3 is 20.3 Å². The normalized spacial score (nSPS) is 13.9. The number of pyridine rings is 1. The molecule has 1 aliphatic rings. The maximum absolute atomic E-state index is 12.6. The fourth-order valence-electron chi connectivity index (χ4n) is 3.26. The predicted molar refractivity (Wildman–Crippen MR) is 115 cm³/mol. The van der Waals surface area contributed by atoms with Crippen molar-refractivity contribution in [2.45, 2.75) is 19.4 Å². The van der Waals surface area contributed by atoms with Gasteiger partial charge in [-0.1, -0.05) is 0 Å². The minimum atomic E-state index is -1.41. The van der Waals surface area contributed by atoms with Gasteiger partial charge in [0.2, 0.25) is 0 Å². The van der Waals surface area contributed by atoms with E-state index in [1.54, 1.807) is 6.07 Å². The lowest BCUT2D eigenvalue weighted by atomic mass is 10.1. The Balaban J connectivity index is 1.59. The molecule has 174 valence electrons. The number of aldehydes is 1. The molecule has 13 heteroatoms. The molecule has 1 aliphatic heterocycles. The molecule has 0 saturated carbocycles. The lowest BCUT2D eigenvalue weighted by Crippen LogP contribution is -2.56. The standard InChI is InChI=1S/C20H23N7O6/c1-20(2,33-17(21)30)16(29)25-7-9-26(10-8-25)18(31)23-15-5-6-27(19(32)24-15)14-4-3-13(12-28)22-11-14/h3-6,11-12H,7-10H2,1-2H3,(H2,21,30)(H,23,24,31,32). The maximum atomic E-state index is 12.6. The summed E-state index contributed by atoms with van der Waals surface area (Å²) < 4.78 is 6.09. The van der Waals surface area contributed by atoms with Crippen molar-refractivity contribution < 1.29 is 23.9 Å². The zero-order valence-electron chi connectivity index (χ0n) is 18.1. The van der Waals surface area contributed by atoms with Crippen LogP contribution in [0.5, 0.6) is 0 Å². The summed E-state index contributed by atoms with van der Waals surface area (Å²) >= 11 is 0. The first-order valence-electron chi connectivity index (χ1n) is 9.96. The van der Waals surface area contributed by atoms with E-state index in [9.17, 15) is 24.0 Å². The first-order valence-corrected chi connectivity index (χ1v) is 9.96. The molecule has 0 radical (unpaired) electrons. The number of urea groups is 1. The van der Waals surface area contributed by atoms with Crippen LogP contribution in [0.3, 0.4) is 0 Å². The molecule has 0 spiro atoms. The summed E-state index contributed by atoms with van der Waals surface area (Å²) in [5.41, 5.74) is 3.61. The van der Waals surface area contributed by atoms with Crippen molar-refractivity contribution in [1.29, 1.82) is 0 Å². The molecule has 0 unspecified atom stereocenters. The smallest absolute Gasteiger partial charge is 0.405 e.